The molecule has 1 amide bonds. The summed E-state index contributed by atoms with van der Waals surface area (Å²) >= 11 is 0. The van der Waals surface area contributed by atoms with E-state index in [-0.39, 0.29) is 11.9 Å². The minimum absolute atomic E-state index is 0.113. The Kier molecular flexibility index (Phi) is 3.51. The molecular formula is C12H11F3N6O. The fraction of sp³-hybridized carbons (Fsp3) is 0.417. The lowest BCUT2D eigenvalue weighted by Gasteiger charge is -2.21. The van der Waals surface area contributed by atoms with Crippen LogP contribution in [0.4, 0.5) is 19.1 Å². The summed E-state index contributed by atoms with van der Waals surface area (Å²) < 4.78 is 38.1. The van der Waals surface area contributed by atoms with Crippen LogP contribution in [0.5, 0.6) is 0 Å². The minimum Gasteiger partial charge on any atom is -0.285 e. The number of rotatable bonds is 2. The zero-order chi connectivity index (χ0) is 15.7. The Bertz CT molecular complexity index is 684. The Morgan fingerprint density at radius 3 is 2.73 bits per heavy atom. The van der Waals surface area contributed by atoms with E-state index in [1.165, 1.54) is 11.0 Å². The largest absolute Gasteiger partial charge is 0.471 e. The summed E-state index contributed by atoms with van der Waals surface area (Å²) in [5, 5.41) is 5.57. The Labute approximate surface area is 122 Å². The molecule has 0 radical (unpaired) electrons. The molecule has 0 spiro atoms. The molecule has 0 bridgehead atoms. The van der Waals surface area contributed by atoms with Gasteiger partial charge in [0.05, 0.1) is 6.54 Å². The average Bonchev–Trinajstić information content (AvgIpc) is 2.88. The van der Waals surface area contributed by atoms with Gasteiger partial charge in [-0.25, -0.2) is 14.6 Å². The van der Waals surface area contributed by atoms with Crippen molar-refractivity contribution in [3.63, 3.8) is 0 Å². The lowest BCUT2D eigenvalue weighted by molar-refractivity contribution is -0.167. The van der Waals surface area contributed by atoms with Crippen molar-refractivity contribution in [1.29, 1.82) is 0 Å². The molecular weight excluding hydrogens is 301 g/mol. The van der Waals surface area contributed by atoms with Crippen molar-refractivity contribution in [2.75, 3.05) is 5.32 Å². The first-order chi connectivity index (χ1) is 10.4. The molecule has 1 N–H and O–H groups in total. The van der Waals surface area contributed by atoms with Crippen LogP contribution in [0, 0.1) is 0 Å². The predicted molar refractivity (Wildman–Crippen MR) is 67.8 cm³/mol. The first kappa shape index (κ1) is 14.4. The highest BCUT2D eigenvalue weighted by atomic mass is 19.4. The highest BCUT2D eigenvalue weighted by molar-refractivity contribution is 5.93. The number of carbonyl (C=O) groups is 1. The van der Waals surface area contributed by atoms with Crippen molar-refractivity contribution in [1.82, 2.24) is 24.7 Å². The Morgan fingerprint density at radius 1 is 1.32 bits per heavy atom. The van der Waals surface area contributed by atoms with Crippen molar-refractivity contribution >= 4 is 11.9 Å². The standard InChI is InChI=1S/C12H11F3N6O/c13-12(14,15)10(22)19-11-18-9-2-1-7(5-21(9)20-11)8-3-16-6-17-4-8/h3-4,6-7H,1-2,5H2,(H,19,20,22). The van der Waals surface area contributed by atoms with Crippen LogP contribution in [0.15, 0.2) is 18.7 Å². The SMILES string of the molecule is O=C(Nc1nc2n(n1)CC(c1cncnc1)CC2)C(F)(F)F. The zero-order valence-electron chi connectivity index (χ0n) is 11.2. The second kappa shape index (κ2) is 5.35. The summed E-state index contributed by atoms with van der Waals surface area (Å²) in [6.07, 6.45) is 1.18. The molecule has 1 atom stereocenters. The number of nitrogens with zero attached hydrogens (tertiary/aromatic N) is 5. The van der Waals surface area contributed by atoms with Gasteiger partial charge in [0.25, 0.3) is 0 Å². The molecule has 116 valence electrons. The van der Waals surface area contributed by atoms with Crippen LogP contribution in [0.3, 0.4) is 0 Å². The van der Waals surface area contributed by atoms with E-state index in [1.807, 2.05) is 0 Å². The van der Waals surface area contributed by atoms with Crippen molar-refractivity contribution in [2.24, 2.45) is 0 Å². The molecule has 1 aliphatic heterocycles. The van der Waals surface area contributed by atoms with Gasteiger partial charge in [-0.15, -0.1) is 5.10 Å². The van der Waals surface area contributed by atoms with E-state index in [0.717, 1.165) is 12.0 Å². The number of alkyl halides is 3. The van der Waals surface area contributed by atoms with Crippen molar-refractivity contribution in [3.05, 3.63) is 30.1 Å². The van der Waals surface area contributed by atoms with Gasteiger partial charge in [-0.1, -0.05) is 0 Å². The van der Waals surface area contributed by atoms with Gasteiger partial charge in [0.15, 0.2) is 0 Å². The minimum atomic E-state index is -4.96. The molecule has 0 saturated carbocycles. The molecule has 0 aliphatic carbocycles. The number of amides is 1. The van der Waals surface area contributed by atoms with E-state index in [0.29, 0.717) is 18.8 Å². The highest BCUT2D eigenvalue weighted by Gasteiger charge is 2.39. The maximum absolute atomic E-state index is 12.2. The number of aryl methyl sites for hydroxylation is 1. The number of hydrogen-bond acceptors (Lipinski definition) is 5. The number of aromatic nitrogens is 5. The molecule has 0 aromatic carbocycles. The van der Waals surface area contributed by atoms with Gasteiger partial charge in [0.2, 0.25) is 5.95 Å². The van der Waals surface area contributed by atoms with E-state index >= 15 is 0 Å². The summed E-state index contributed by atoms with van der Waals surface area (Å²) in [5.74, 6) is -1.75. The van der Waals surface area contributed by atoms with Crippen molar-refractivity contribution in [2.45, 2.75) is 31.5 Å². The molecule has 3 rings (SSSR count). The van der Waals surface area contributed by atoms with Crippen LogP contribution in [-0.4, -0.2) is 36.8 Å². The van der Waals surface area contributed by atoms with Crippen molar-refractivity contribution in [3.8, 4) is 0 Å². The van der Waals surface area contributed by atoms with Gasteiger partial charge >= 0.3 is 12.1 Å². The summed E-state index contributed by atoms with van der Waals surface area (Å²) in [6.45, 7) is 0.456. The van der Waals surface area contributed by atoms with Gasteiger partial charge < -0.3 is 0 Å². The topological polar surface area (TPSA) is 85.6 Å². The van der Waals surface area contributed by atoms with Crippen LogP contribution in [0.1, 0.15) is 23.7 Å². The maximum Gasteiger partial charge on any atom is 0.471 e. The summed E-state index contributed by atoms with van der Waals surface area (Å²) in [4.78, 5) is 22.7. The average molecular weight is 312 g/mol. The van der Waals surface area contributed by atoms with Crippen LogP contribution in [0.2, 0.25) is 0 Å². The molecule has 22 heavy (non-hydrogen) atoms. The van der Waals surface area contributed by atoms with Crippen LogP contribution in [-0.2, 0) is 17.8 Å². The number of carbonyl (C=O) groups excluding carboxylic acids is 1. The molecule has 3 heterocycles. The zero-order valence-corrected chi connectivity index (χ0v) is 11.2. The number of nitrogens with one attached hydrogen (secondary N) is 1. The number of fused-ring (bicyclic) bond motifs is 1. The van der Waals surface area contributed by atoms with Crippen molar-refractivity contribution < 1.29 is 18.0 Å². The molecule has 0 saturated heterocycles. The van der Waals surface area contributed by atoms with E-state index < -0.39 is 12.1 Å². The number of hydrogen-bond donors (Lipinski definition) is 1. The third kappa shape index (κ3) is 2.90. The second-order valence-corrected chi connectivity index (χ2v) is 4.89. The van der Waals surface area contributed by atoms with E-state index in [2.05, 4.69) is 20.1 Å². The van der Waals surface area contributed by atoms with Gasteiger partial charge in [-0.05, 0) is 12.0 Å². The first-order valence-electron chi connectivity index (χ1n) is 6.50. The molecule has 10 heteroatoms. The number of anilines is 1. The lowest BCUT2D eigenvalue weighted by Crippen LogP contribution is -2.30. The highest BCUT2D eigenvalue weighted by Crippen LogP contribution is 2.27. The fourth-order valence-electron chi connectivity index (χ4n) is 2.33. The molecule has 2 aromatic heterocycles. The lowest BCUT2D eigenvalue weighted by atomic mass is 9.94. The fourth-order valence-corrected chi connectivity index (χ4v) is 2.33. The molecule has 1 aliphatic rings. The summed E-state index contributed by atoms with van der Waals surface area (Å²) in [5.41, 5.74) is 0.935. The van der Waals surface area contributed by atoms with Crippen LogP contribution >= 0.6 is 0 Å². The summed E-state index contributed by atoms with van der Waals surface area (Å²) in [7, 11) is 0. The maximum atomic E-state index is 12.2. The Balaban J connectivity index is 1.75. The van der Waals surface area contributed by atoms with E-state index in [9.17, 15) is 18.0 Å². The molecule has 1 unspecified atom stereocenters. The smallest absolute Gasteiger partial charge is 0.285 e. The van der Waals surface area contributed by atoms with E-state index in [1.54, 1.807) is 17.7 Å². The third-order valence-corrected chi connectivity index (χ3v) is 3.39. The monoisotopic (exact) mass is 312 g/mol. The molecule has 0 fully saturated rings. The van der Waals surface area contributed by atoms with Gasteiger partial charge in [0, 0.05) is 24.7 Å². The van der Waals surface area contributed by atoms with E-state index in [4.69, 9.17) is 0 Å². The van der Waals surface area contributed by atoms with Gasteiger partial charge in [-0.2, -0.15) is 18.2 Å². The van der Waals surface area contributed by atoms with Gasteiger partial charge in [0.1, 0.15) is 12.2 Å². The molecule has 2 aromatic rings. The van der Waals surface area contributed by atoms with Crippen LogP contribution in [0.25, 0.3) is 0 Å². The first-order valence-corrected chi connectivity index (χ1v) is 6.50. The molecule has 7 nitrogen and oxygen atoms in total. The Morgan fingerprint density at radius 2 is 2.05 bits per heavy atom. The Hall–Kier alpha value is -2.52. The second-order valence-electron chi connectivity index (χ2n) is 4.89. The van der Waals surface area contributed by atoms with Crippen LogP contribution < -0.4 is 5.32 Å². The predicted octanol–water partition coefficient (Wildman–Crippen LogP) is 1.30. The van der Waals surface area contributed by atoms with Gasteiger partial charge in [-0.3, -0.25) is 10.1 Å². The number of halogens is 3. The normalized spacial score (nSPS) is 17.9. The summed E-state index contributed by atoms with van der Waals surface area (Å²) in [6, 6.07) is 0. The third-order valence-electron chi connectivity index (χ3n) is 3.39. The quantitative estimate of drug-likeness (QED) is 0.903.